The molecule has 1 aromatic rings. The molecule has 0 radical (unpaired) electrons. The number of nitrogens with zero attached hydrogens (tertiary/aromatic N) is 1. The molecular formula is C40H67N3O8. The first-order chi connectivity index (χ1) is 24.6. The molecule has 1 saturated carbocycles. The largest absolute Gasteiger partial charge is 0.450 e. The number of amides is 3. The molecule has 11 heteroatoms. The number of alkyl carbamates (subject to hydrolysis) is 1. The van der Waals surface area contributed by atoms with Crippen molar-refractivity contribution in [3.05, 3.63) is 35.9 Å². The average molecular weight is 718 g/mol. The summed E-state index contributed by atoms with van der Waals surface area (Å²) in [7, 11) is 1.60. The summed E-state index contributed by atoms with van der Waals surface area (Å²) in [4.78, 5) is 42.7. The maximum atomic E-state index is 14.3. The van der Waals surface area contributed by atoms with E-state index in [0.29, 0.717) is 57.7 Å². The summed E-state index contributed by atoms with van der Waals surface area (Å²) in [5.74, 6) is -0.00560. The monoisotopic (exact) mass is 717 g/mol. The lowest BCUT2D eigenvalue weighted by atomic mass is 9.82. The summed E-state index contributed by atoms with van der Waals surface area (Å²) in [6.07, 6.45) is 8.00. The van der Waals surface area contributed by atoms with Crippen molar-refractivity contribution in [2.45, 2.75) is 154 Å². The number of aliphatic hydroxyl groups is 1. The molecule has 5 atom stereocenters. The molecule has 3 amide bonds. The first kappa shape index (κ1) is 42.7. The predicted molar refractivity (Wildman–Crippen MR) is 198 cm³/mol. The zero-order valence-corrected chi connectivity index (χ0v) is 32.0. The zero-order chi connectivity index (χ0) is 37.0. The maximum Gasteiger partial charge on any atom is 0.407 e. The van der Waals surface area contributed by atoms with Crippen LogP contribution in [0.15, 0.2) is 30.3 Å². The van der Waals surface area contributed by atoms with E-state index in [1.165, 1.54) is 6.42 Å². The molecule has 3 rings (SSSR count). The molecule has 11 nitrogen and oxygen atoms in total. The van der Waals surface area contributed by atoms with Crippen LogP contribution >= 0.6 is 0 Å². The van der Waals surface area contributed by atoms with Crippen LogP contribution in [-0.4, -0.2) is 98.0 Å². The van der Waals surface area contributed by atoms with Crippen molar-refractivity contribution in [2.75, 3.05) is 33.6 Å². The van der Waals surface area contributed by atoms with Gasteiger partial charge in [-0.2, -0.15) is 0 Å². The number of benzene rings is 1. The Balaban J connectivity index is 1.80. The van der Waals surface area contributed by atoms with Gasteiger partial charge in [-0.05, 0) is 55.9 Å². The molecule has 2 fully saturated rings. The van der Waals surface area contributed by atoms with E-state index in [0.717, 1.165) is 50.5 Å². The number of hydrogen-bond donors (Lipinski definition) is 3. The van der Waals surface area contributed by atoms with Gasteiger partial charge in [0.15, 0.2) is 0 Å². The number of methoxy groups -OCH3 is 1. The summed E-state index contributed by atoms with van der Waals surface area (Å²) < 4.78 is 22.7. The first-order valence-corrected chi connectivity index (χ1v) is 19.6. The smallest absolute Gasteiger partial charge is 0.407 e. The zero-order valence-electron chi connectivity index (χ0n) is 32.0. The van der Waals surface area contributed by atoms with Gasteiger partial charge in [-0.3, -0.25) is 9.59 Å². The summed E-state index contributed by atoms with van der Waals surface area (Å²) >= 11 is 0. The van der Waals surface area contributed by atoms with Crippen molar-refractivity contribution >= 4 is 17.9 Å². The summed E-state index contributed by atoms with van der Waals surface area (Å²) in [5, 5.41) is 17.9. The van der Waals surface area contributed by atoms with Gasteiger partial charge in [-0.1, -0.05) is 103 Å². The second kappa shape index (κ2) is 23.8. The Kier molecular flexibility index (Phi) is 19.9. The van der Waals surface area contributed by atoms with E-state index in [2.05, 4.69) is 17.6 Å². The van der Waals surface area contributed by atoms with Crippen LogP contribution in [-0.2, 0) is 35.0 Å². The lowest BCUT2D eigenvalue weighted by Gasteiger charge is -2.36. The van der Waals surface area contributed by atoms with Crippen LogP contribution < -0.4 is 10.6 Å². The van der Waals surface area contributed by atoms with Crippen LogP contribution in [0.4, 0.5) is 4.79 Å². The Morgan fingerprint density at radius 2 is 1.63 bits per heavy atom. The third-order valence-corrected chi connectivity index (χ3v) is 10.3. The fourth-order valence-electron chi connectivity index (χ4n) is 7.16. The van der Waals surface area contributed by atoms with E-state index in [4.69, 9.17) is 18.9 Å². The van der Waals surface area contributed by atoms with E-state index in [9.17, 15) is 19.5 Å². The fourth-order valence-corrected chi connectivity index (χ4v) is 7.16. The normalized spacial score (nSPS) is 18.8. The molecule has 51 heavy (non-hydrogen) atoms. The highest BCUT2D eigenvalue weighted by atomic mass is 16.7. The standard InChI is InChI=1S/C40H67N3O8/c1-6-8-19-36(51-37(26-31-17-13-10-14-18-31)39(46)43-22-20-32(21-23-43)50-28-48-5)38(45)41-34(25-30-15-11-9-12-16-30)35(44)27-33(29(3)4)42-40(47)49-24-7-2/h10,13-14,17-18,29-30,32-37,44H,6-9,11-12,15-16,19-28H2,1-5H3,(H,41,45)(H,42,47)/t33-,34-,35-,36-,37-/m0/s1. The summed E-state index contributed by atoms with van der Waals surface area (Å²) in [6.45, 7) is 9.64. The second-order valence-corrected chi connectivity index (χ2v) is 14.8. The van der Waals surface area contributed by atoms with Crippen molar-refractivity contribution in [3.8, 4) is 0 Å². The number of aliphatic hydroxyl groups excluding tert-OH is 1. The summed E-state index contributed by atoms with van der Waals surface area (Å²) in [5.41, 5.74) is 0.958. The highest BCUT2D eigenvalue weighted by Crippen LogP contribution is 2.29. The number of nitrogens with one attached hydrogen (secondary N) is 2. The van der Waals surface area contributed by atoms with E-state index in [-0.39, 0.29) is 43.1 Å². The molecule has 1 aromatic carbocycles. The van der Waals surface area contributed by atoms with Gasteiger partial charge in [0.05, 0.1) is 24.9 Å². The average Bonchev–Trinajstić information content (AvgIpc) is 3.14. The molecule has 0 spiro atoms. The number of carbonyl (C=O) groups is 3. The van der Waals surface area contributed by atoms with Crippen LogP contribution in [0.2, 0.25) is 0 Å². The number of likely N-dealkylation sites (tertiary alicyclic amines) is 1. The van der Waals surface area contributed by atoms with Gasteiger partial charge in [0, 0.05) is 32.7 Å². The van der Waals surface area contributed by atoms with Gasteiger partial charge in [0.1, 0.15) is 19.0 Å². The van der Waals surface area contributed by atoms with Gasteiger partial charge in [0.25, 0.3) is 5.91 Å². The number of unbranched alkanes of at least 4 members (excludes halogenated alkanes) is 1. The molecule has 1 heterocycles. The molecule has 1 aliphatic carbocycles. The highest BCUT2D eigenvalue weighted by molar-refractivity contribution is 5.84. The van der Waals surface area contributed by atoms with Crippen LogP contribution in [0.3, 0.4) is 0 Å². The molecule has 1 aliphatic heterocycles. The molecule has 0 unspecified atom stereocenters. The number of carbonyl (C=O) groups excluding carboxylic acids is 3. The minimum Gasteiger partial charge on any atom is -0.450 e. The minimum atomic E-state index is -0.898. The molecule has 0 aromatic heterocycles. The molecule has 0 bridgehead atoms. The van der Waals surface area contributed by atoms with Crippen molar-refractivity contribution in [2.24, 2.45) is 11.8 Å². The van der Waals surface area contributed by atoms with E-state index >= 15 is 0 Å². The SMILES string of the molecule is CCCC[C@H](O[C@@H](Cc1ccccc1)C(=O)N1CCC(OCOC)CC1)C(=O)N[C@@H](CC1CCCCC1)[C@@H](O)C[C@H](NC(=O)OCCC)C(C)C. The van der Waals surface area contributed by atoms with Crippen molar-refractivity contribution in [3.63, 3.8) is 0 Å². The number of hydrogen-bond acceptors (Lipinski definition) is 8. The Bertz CT molecular complexity index is 1120. The maximum absolute atomic E-state index is 14.3. The number of ether oxygens (including phenoxy) is 4. The Morgan fingerprint density at radius 1 is 0.922 bits per heavy atom. The van der Waals surface area contributed by atoms with Crippen molar-refractivity contribution in [1.82, 2.24) is 15.5 Å². The quantitative estimate of drug-likeness (QED) is 0.122. The third kappa shape index (κ3) is 15.4. The van der Waals surface area contributed by atoms with Gasteiger partial charge in [-0.15, -0.1) is 0 Å². The van der Waals surface area contributed by atoms with Crippen LogP contribution in [0.1, 0.15) is 117 Å². The molecular weight excluding hydrogens is 650 g/mol. The van der Waals surface area contributed by atoms with E-state index in [1.54, 1.807) is 7.11 Å². The van der Waals surface area contributed by atoms with Crippen LogP contribution in [0, 0.1) is 11.8 Å². The second-order valence-electron chi connectivity index (χ2n) is 14.8. The summed E-state index contributed by atoms with van der Waals surface area (Å²) in [6, 6.07) is 8.91. The topological polar surface area (TPSA) is 136 Å². The van der Waals surface area contributed by atoms with Gasteiger partial charge >= 0.3 is 6.09 Å². The van der Waals surface area contributed by atoms with Gasteiger partial charge in [0.2, 0.25) is 5.91 Å². The molecule has 1 saturated heterocycles. The number of rotatable bonds is 22. The van der Waals surface area contributed by atoms with E-state index in [1.807, 2.05) is 56.0 Å². The van der Waals surface area contributed by atoms with Gasteiger partial charge in [-0.25, -0.2) is 4.79 Å². The Labute approximate surface area is 306 Å². The van der Waals surface area contributed by atoms with E-state index < -0.39 is 30.4 Å². The molecule has 290 valence electrons. The lowest BCUT2D eigenvalue weighted by Crippen LogP contribution is -2.53. The Hall–Kier alpha value is -2.73. The minimum absolute atomic E-state index is 0.0329. The van der Waals surface area contributed by atoms with Crippen molar-refractivity contribution in [1.29, 1.82) is 0 Å². The number of piperidine rings is 1. The van der Waals surface area contributed by atoms with Crippen molar-refractivity contribution < 1.29 is 38.4 Å². The van der Waals surface area contributed by atoms with Gasteiger partial charge < -0.3 is 39.6 Å². The fraction of sp³-hybridized carbons (Fsp3) is 0.775. The first-order valence-electron chi connectivity index (χ1n) is 19.6. The predicted octanol–water partition coefficient (Wildman–Crippen LogP) is 6.15. The molecule has 3 N–H and O–H groups in total. The van der Waals surface area contributed by atoms with Crippen LogP contribution in [0.25, 0.3) is 0 Å². The van der Waals surface area contributed by atoms with Crippen LogP contribution in [0.5, 0.6) is 0 Å². The Morgan fingerprint density at radius 3 is 2.25 bits per heavy atom. The third-order valence-electron chi connectivity index (χ3n) is 10.3. The highest BCUT2D eigenvalue weighted by Gasteiger charge is 2.36. The molecule has 2 aliphatic rings. The lowest BCUT2D eigenvalue weighted by molar-refractivity contribution is -0.157.